The van der Waals surface area contributed by atoms with Gasteiger partial charge in [0.25, 0.3) is 11.8 Å². The average molecular weight is 638 g/mol. The third kappa shape index (κ3) is 6.53. The molecule has 236 valence electrons. The second kappa shape index (κ2) is 11.7. The van der Waals surface area contributed by atoms with Crippen molar-refractivity contribution in [2.45, 2.75) is 81.6 Å². The summed E-state index contributed by atoms with van der Waals surface area (Å²) in [6.07, 6.45) is 0.174. The molecule has 0 radical (unpaired) electrons. The molecule has 1 aliphatic carbocycles. The van der Waals surface area contributed by atoms with E-state index in [1.807, 2.05) is 0 Å². The summed E-state index contributed by atoms with van der Waals surface area (Å²) in [4.78, 5) is 40.6. The first-order valence-electron chi connectivity index (χ1n) is 14.1. The first-order valence-corrected chi connectivity index (χ1v) is 16.0. The first kappa shape index (κ1) is 32.7. The van der Waals surface area contributed by atoms with Gasteiger partial charge in [0, 0.05) is 37.3 Å². The van der Waals surface area contributed by atoms with Crippen LogP contribution in [0.2, 0.25) is 5.02 Å². The minimum absolute atomic E-state index is 0.0507. The SMILES string of the molecule is Cn1nc(C(=O)NCc2ccc(Cl)cc2)c2c1C(=O)N(CC1(S(=O)(=O)C(C)(C)C(CO)NC(=O)OC(C)(C)C)CC1)CC2. The number of nitrogens with one attached hydrogen (secondary N) is 2. The topological polar surface area (TPSA) is 160 Å². The van der Waals surface area contributed by atoms with Crippen LogP contribution in [0.5, 0.6) is 0 Å². The molecule has 43 heavy (non-hydrogen) atoms. The zero-order chi connectivity index (χ0) is 32.0. The van der Waals surface area contributed by atoms with Crippen molar-refractivity contribution in [3.05, 3.63) is 51.8 Å². The third-order valence-corrected chi connectivity index (χ3v) is 11.7. The minimum Gasteiger partial charge on any atom is -0.444 e. The summed E-state index contributed by atoms with van der Waals surface area (Å²) in [5, 5.41) is 20.3. The number of benzene rings is 1. The number of aromatic nitrogens is 2. The number of aliphatic hydroxyl groups excluding tert-OH is 1. The Morgan fingerprint density at radius 1 is 1.16 bits per heavy atom. The molecule has 2 aromatic rings. The van der Waals surface area contributed by atoms with Gasteiger partial charge in [-0.25, -0.2) is 13.2 Å². The van der Waals surface area contributed by atoms with E-state index in [0.29, 0.717) is 29.8 Å². The number of carbonyl (C=O) groups excluding carboxylic acids is 3. The van der Waals surface area contributed by atoms with E-state index < -0.39 is 55.5 Å². The smallest absolute Gasteiger partial charge is 0.408 e. The Kier molecular flexibility index (Phi) is 8.94. The molecule has 4 rings (SSSR count). The van der Waals surface area contributed by atoms with Gasteiger partial charge in [0.05, 0.1) is 22.1 Å². The number of aliphatic hydroxyl groups is 1. The van der Waals surface area contributed by atoms with Gasteiger partial charge in [-0.15, -0.1) is 0 Å². The molecule has 0 bridgehead atoms. The van der Waals surface area contributed by atoms with Gasteiger partial charge in [-0.3, -0.25) is 14.3 Å². The highest BCUT2D eigenvalue weighted by atomic mass is 35.5. The van der Waals surface area contributed by atoms with Gasteiger partial charge in [-0.05, 0) is 71.6 Å². The van der Waals surface area contributed by atoms with Gasteiger partial charge in [0.15, 0.2) is 15.5 Å². The molecule has 12 nitrogen and oxygen atoms in total. The van der Waals surface area contributed by atoms with Crippen LogP contribution in [0, 0.1) is 0 Å². The molecule has 3 amide bonds. The van der Waals surface area contributed by atoms with Gasteiger partial charge < -0.3 is 25.4 Å². The lowest BCUT2D eigenvalue weighted by Crippen LogP contribution is -2.60. The number of hydrogen-bond acceptors (Lipinski definition) is 8. The van der Waals surface area contributed by atoms with Crippen LogP contribution in [-0.4, -0.2) is 86.9 Å². The van der Waals surface area contributed by atoms with Gasteiger partial charge in [0.2, 0.25) is 0 Å². The number of alkyl carbamates (subject to hydrolysis) is 1. The molecule has 1 aromatic heterocycles. The molecule has 2 heterocycles. The number of hydrogen-bond donors (Lipinski definition) is 3. The summed E-state index contributed by atoms with van der Waals surface area (Å²) in [6.45, 7) is 7.78. The zero-order valence-corrected chi connectivity index (χ0v) is 26.9. The van der Waals surface area contributed by atoms with Crippen molar-refractivity contribution in [3.8, 4) is 0 Å². The Morgan fingerprint density at radius 2 is 1.79 bits per heavy atom. The molecule has 1 saturated carbocycles. The van der Waals surface area contributed by atoms with Gasteiger partial charge in [-0.1, -0.05) is 23.7 Å². The summed E-state index contributed by atoms with van der Waals surface area (Å²) >= 11 is 5.93. The van der Waals surface area contributed by atoms with Crippen molar-refractivity contribution in [1.82, 2.24) is 25.3 Å². The zero-order valence-electron chi connectivity index (χ0n) is 25.4. The molecule has 14 heteroatoms. The molecule has 1 atom stereocenters. The Labute approximate surface area is 257 Å². The predicted octanol–water partition coefficient (Wildman–Crippen LogP) is 2.61. The van der Waals surface area contributed by atoms with E-state index in [0.717, 1.165) is 5.56 Å². The largest absolute Gasteiger partial charge is 0.444 e. The lowest BCUT2D eigenvalue weighted by atomic mass is 10.0. The summed E-state index contributed by atoms with van der Waals surface area (Å²) < 4.78 is 32.0. The first-order chi connectivity index (χ1) is 19.9. The maximum Gasteiger partial charge on any atom is 0.408 e. The van der Waals surface area contributed by atoms with Crippen LogP contribution >= 0.6 is 11.6 Å². The molecule has 2 aliphatic rings. The molecule has 1 unspecified atom stereocenters. The number of rotatable bonds is 10. The van der Waals surface area contributed by atoms with E-state index in [2.05, 4.69) is 15.7 Å². The lowest BCUT2D eigenvalue weighted by molar-refractivity contribution is 0.0468. The van der Waals surface area contributed by atoms with E-state index in [9.17, 15) is 27.9 Å². The van der Waals surface area contributed by atoms with Crippen LogP contribution in [-0.2, 0) is 34.6 Å². The monoisotopic (exact) mass is 637 g/mol. The quantitative estimate of drug-likeness (QED) is 0.358. The fourth-order valence-electron chi connectivity index (χ4n) is 5.41. The number of halogens is 1. The molecular weight excluding hydrogens is 598 g/mol. The van der Waals surface area contributed by atoms with E-state index in [1.165, 1.54) is 23.4 Å². The number of nitrogens with zero attached hydrogens (tertiary/aromatic N) is 3. The number of sulfone groups is 1. The number of fused-ring (bicyclic) bond motifs is 1. The molecular formula is C29H40ClN5O7S. The van der Waals surface area contributed by atoms with Crippen LogP contribution in [0.25, 0.3) is 0 Å². The van der Waals surface area contributed by atoms with Gasteiger partial charge >= 0.3 is 6.09 Å². The van der Waals surface area contributed by atoms with Crippen molar-refractivity contribution in [1.29, 1.82) is 0 Å². The minimum atomic E-state index is -4.00. The standard InChI is InChI=1S/C29H40ClN5O7S/c1-27(2,3)42-26(39)32-21(16-36)28(4,5)43(40,41)29(12-13-29)17-35-14-11-20-22(33-34(6)23(20)25(35)38)24(37)31-15-18-7-9-19(30)10-8-18/h7-10,21,36H,11-17H2,1-6H3,(H,31,37)(H,32,39). The summed E-state index contributed by atoms with van der Waals surface area (Å²) in [5.74, 6) is -0.818. The highest BCUT2D eigenvalue weighted by molar-refractivity contribution is 7.94. The van der Waals surface area contributed by atoms with Crippen LogP contribution < -0.4 is 10.6 Å². The van der Waals surface area contributed by atoms with Crippen LogP contribution in [0.3, 0.4) is 0 Å². The van der Waals surface area contributed by atoms with Crippen molar-refractivity contribution < 1.29 is 32.6 Å². The highest BCUT2D eigenvalue weighted by Gasteiger charge is 2.62. The maximum absolute atomic E-state index is 14.1. The molecule has 1 aliphatic heterocycles. The second-order valence-corrected chi connectivity index (χ2v) is 16.1. The van der Waals surface area contributed by atoms with E-state index in [-0.39, 0.29) is 31.0 Å². The second-order valence-electron chi connectivity index (χ2n) is 12.8. The fourth-order valence-corrected chi connectivity index (χ4v) is 8.12. The summed E-state index contributed by atoms with van der Waals surface area (Å²) in [7, 11) is -2.42. The summed E-state index contributed by atoms with van der Waals surface area (Å²) in [6, 6.07) is 5.93. The molecule has 1 fully saturated rings. The highest BCUT2D eigenvalue weighted by Crippen LogP contribution is 2.50. The number of aryl methyl sites for hydroxylation is 1. The molecule has 0 spiro atoms. The van der Waals surface area contributed by atoms with E-state index >= 15 is 0 Å². The number of ether oxygens (including phenoxy) is 1. The van der Waals surface area contributed by atoms with Gasteiger partial charge in [0.1, 0.15) is 11.3 Å². The molecule has 1 aromatic carbocycles. The number of carbonyl (C=O) groups is 3. The Hall–Kier alpha value is -3.16. The van der Waals surface area contributed by atoms with Crippen LogP contribution in [0.15, 0.2) is 24.3 Å². The maximum atomic E-state index is 14.1. The Bertz CT molecular complexity index is 1510. The molecule has 3 N–H and O–H groups in total. The fraction of sp³-hybridized carbons (Fsp3) is 0.586. The van der Waals surface area contributed by atoms with Crippen LogP contribution in [0.1, 0.15) is 79.6 Å². The van der Waals surface area contributed by atoms with Gasteiger partial charge in [-0.2, -0.15) is 5.10 Å². The summed E-state index contributed by atoms with van der Waals surface area (Å²) in [5.41, 5.74) is 0.977. The Balaban J connectivity index is 1.49. The lowest BCUT2D eigenvalue weighted by Gasteiger charge is -2.39. The van der Waals surface area contributed by atoms with E-state index in [4.69, 9.17) is 16.3 Å². The van der Waals surface area contributed by atoms with Crippen LogP contribution in [0.4, 0.5) is 4.79 Å². The Morgan fingerprint density at radius 3 is 2.35 bits per heavy atom. The van der Waals surface area contributed by atoms with Crippen molar-refractivity contribution >= 4 is 39.3 Å². The number of amides is 3. The normalized spacial score (nSPS) is 17.2. The van der Waals surface area contributed by atoms with Crippen molar-refractivity contribution in [3.63, 3.8) is 0 Å². The van der Waals surface area contributed by atoms with E-state index in [1.54, 1.807) is 52.1 Å². The predicted molar refractivity (Wildman–Crippen MR) is 161 cm³/mol. The molecule has 0 saturated heterocycles. The van der Waals surface area contributed by atoms with Crippen molar-refractivity contribution in [2.75, 3.05) is 19.7 Å². The van der Waals surface area contributed by atoms with Crippen molar-refractivity contribution in [2.24, 2.45) is 7.05 Å². The third-order valence-electron chi connectivity index (χ3n) is 8.11. The average Bonchev–Trinajstić information content (AvgIpc) is 3.63.